The van der Waals surface area contributed by atoms with Crippen molar-refractivity contribution in [2.75, 3.05) is 13.7 Å². The summed E-state index contributed by atoms with van der Waals surface area (Å²) in [7, 11) is -2.72. The first-order valence-electron chi connectivity index (χ1n) is 11.0. The zero-order valence-electron chi connectivity index (χ0n) is 20.0. The van der Waals surface area contributed by atoms with Crippen LogP contribution in [0, 0.1) is 6.92 Å². The third kappa shape index (κ3) is 6.64. The summed E-state index contributed by atoms with van der Waals surface area (Å²) >= 11 is 0. The van der Waals surface area contributed by atoms with E-state index in [4.69, 9.17) is 4.74 Å². The molecule has 0 amide bonds. The first-order valence-corrected chi connectivity index (χ1v) is 12.5. The maximum atomic E-state index is 13.5. The van der Waals surface area contributed by atoms with Crippen molar-refractivity contribution in [3.05, 3.63) is 89.0 Å². The van der Waals surface area contributed by atoms with Crippen LogP contribution in [0.15, 0.2) is 71.6 Å². The molecular formula is C26H26F3NO5S. The Balaban J connectivity index is 1.98. The van der Waals surface area contributed by atoms with Gasteiger partial charge in [0.25, 0.3) is 0 Å². The highest BCUT2D eigenvalue weighted by Crippen LogP contribution is 2.35. The molecule has 0 bridgehead atoms. The number of sulfonamides is 1. The molecule has 0 aliphatic heterocycles. The number of aryl methyl sites for hydroxylation is 1. The fourth-order valence-corrected chi connectivity index (χ4v) is 4.91. The molecule has 0 spiro atoms. The molecule has 0 saturated carbocycles. The standard InChI is InChI=1S/C26H26F3NO5S/c1-4-30(36(32,33)23-11-8-18(2)9-12-23)17-20-16-21(26(27,28)29)10-13-24(20)35-22-7-5-6-19(14-22)15-25(31)34-3/h5-14,16H,4,15,17H2,1-3H3. The Kier molecular flexibility index (Phi) is 8.42. The lowest BCUT2D eigenvalue weighted by atomic mass is 10.1. The summed E-state index contributed by atoms with van der Waals surface area (Å²) in [6.45, 7) is 3.12. The van der Waals surface area contributed by atoms with Crippen LogP contribution in [0.2, 0.25) is 0 Å². The molecule has 6 nitrogen and oxygen atoms in total. The summed E-state index contributed by atoms with van der Waals surface area (Å²) in [5.41, 5.74) is 0.582. The highest BCUT2D eigenvalue weighted by atomic mass is 32.2. The summed E-state index contributed by atoms with van der Waals surface area (Å²) in [4.78, 5) is 11.6. The number of esters is 1. The van der Waals surface area contributed by atoms with Gasteiger partial charge in [0.1, 0.15) is 11.5 Å². The van der Waals surface area contributed by atoms with Crippen LogP contribution in [0.25, 0.3) is 0 Å². The molecule has 0 atom stereocenters. The van der Waals surface area contributed by atoms with Gasteiger partial charge in [-0.15, -0.1) is 0 Å². The highest BCUT2D eigenvalue weighted by molar-refractivity contribution is 7.89. The summed E-state index contributed by atoms with van der Waals surface area (Å²) in [6.07, 6.45) is -4.63. The molecule has 10 heteroatoms. The van der Waals surface area contributed by atoms with Crippen molar-refractivity contribution in [2.45, 2.75) is 37.9 Å². The SMILES string of the molecule is CCN(Cc1cc(C(F)(F)F)ccc1Oc1cccc(CC(=O)OC)c1)S(=O)(=O)c1ccc(C)cc1. The molecule has 0 saturated heterocycles. The van der Waals surface area contributed by atoms with E-state index in [0.29, 0.717) is 5.56 Å². The maximum absolute atomic E-state index is 13.5. The third-order valence-corrected chi connectivity index (χ3v) is 7.38. The number of carbonyl (C=O) groups excluding carboxylic acids is 1. The largest absolute Gasteiger partial charge is 0.469 e. The number of rotatable bonds is 9. The normalized spacial score (nSPS) is 12.0. The zero-order chi connectivity index (χ0) is 26.5. The molecule has 192 valence electrons. The fourth-order valence-electron chi connectivity index (χ4n) is 3.48. The number of ether oxygens (including phenoxy) is 2. The van der Waals surface area contributed by atoms with Crippen molar-refractivity contribution in [3.8, 4) is 11.5 Å². The van der Waals surface area contributed by atoms with Crippen LogP contribution in [0.1, 0.15) is 29.2 Å². The number of hydrogen-bond donors (Lipinski definition) is 0. The van der Waals surface area contributed by atoms with Crippen molar-refractivity contribution >= 4 is 16.0 Å². The van der Waals surface area contributed by atoms with Crippen LogP contribution in [0.3, 0.4) is 0 Å². The van der Waals surface area contributed by atoms with Crippen LogP contribution in [-0.2, 0) is 38.7 Å². The van der Waals surface area contributed by atoms with Crippen molar-refractivity contribution < 1.29 is 35.9 Å². The molecule has 0 radical (unpaired) electrons. The summed E-state index contributed by atoms with van der Waals surface area (Å²) in [5, 5.41) is 0. The summed E-state index contributed by atoms with van der Waals surface area (Å²) < 4.78 is 78.5. The van der Waals surface area contributed by atoms with Gasteiger partial charge in [0, 0.05) is 18.7 Å². The smallest absolute Gasteiger partial charge is 0.416 e. The maximum Gasteiger partial charge on any atom is 0.416 e. The van der Waals surface area contributed by atoms with Gasteiger partial charge in [0.2, 0.25) is 10.0 Å². The van der Waals surface area contributed by atoms with E-state index in [2.05, 4.69) is 4.74 Å². The second-order valence-electron chi connectivity index (χ2n) is 8.07. The number of carbonyl (C=O) groups is 1. The minimum Gasteiger partial charge on any atom is -0.469 e. The Bertz CT molecular complexity index is 1320. The van der Waals surface area contributed by atoms with Crippen LogP contribution >= 0.6 is 0 Å². The molecule has 3 aromatic carbocycles. The molecule has 3 rings (SSSR count). The number of methoxy groups -OCH3 is 1. The number of halogens is 3. The number of hydrogen-bond acceptors (Lipinski definition) is 5. The Morgan fingerprint density at radius 1 is 1.00 bits per heavy atom. The third-order valence-electron chi connectivity index (χ3n) is 5.45. The van der Waals surface area contributed by atoms with Crippen molar-refractivity contribution in [2.24, 2.45) is 0 Å². The predicted molar refractivity (Wildman–Crippen MR) is 128 cm³/mol. The van der Waals surface area contributed by atoms with Gasteiger partial charge in [0.05, 0.1) is 24.0 Å². The van der Waals surface area contributed by atoms with E-state index in [-0.39, 0.29) is 41.5 Å². The quantitative estimate of drug-likeness (QED) is 0.336. The topological polar surface area (TPSA) is 72.9 Å². The molecule has 36 heavy (non-hydrogen) atoms. The Hall–Kier alpha value is -3.37. The molecule has 0 aliphatic carbocycles. The second-order valence-corrected chi connectivity index (χ2v) is 10.0. The molecule has 0 fully saturated rings. The van der Waals surface area contributed by atoms with Crippen molar-refractivity contribution in [3.63, 3.8) is 0 Å². The van der Waals surface area contributed by atoms with Gasteiger partial charge < -0.3 is 9.47 Å². The lowest BCUT2D eigenvalue weighted by molar-refractivity contribution is -0.140. The number of nitrogens with zero attached hydrogens (tertiary/aromatic N) is 1. The van der Waals surface area contributed by atoms with E-state index in [9.17, 15) is 26.4 Å². The van der Waals surface area contributed by atoms with E-state index in [0.717, 1.165) is 28.1 Å². The molecule has 0 aliphatic rings. The summed E-state index contributed by atoms with van der Waals surface area (Å²) in [5.74, 6) is -0.111. The van der Waals surface area contributed by atoms with E-state index in [1.54, 1.807) is 43.3 Å². The molecule has 3 aromatic rings. The van der Waals surface area contributed by atoms with Gasteiger partial charge in [-0.2, -0.15) is 17.5 Å². The lowest BCUT2D eigenvalue weighted by Gasteiger charge is -2.23. The van der Waals surface area contributed by atoms with Crippen molar-refractivity contribution in [1.82, 2.24) is 4.31 Å². The molecule has 0 heterocycles. The molecule has 0 unspecified atom stereocenters. The number of alkyl halides is 3. The Morgan fingerprint density at radius 3 is 2.31 bits per heavy atom. The van der Waals surface area contributed by atoms with Crippen LogP contribution in [0.5, 0.6) is 11.5 Å². The first-order chi connectivity index (χ1) is 16.9. The Labute approximate surface area is 208 Å². The van der Waals surface area contributed by atoms with E-state index >= 15 is 0 Å². The Morgan fingerprint density at radius 2 is 1.69 bits per heavy atom. The molecule has 0 aromatic heterocycles. The number of benzene rings is 3. The van der Waals surface area contributed by atoms with Gasteiger partial charge in [-0.3, -0.25) is 4.79 Å². The summed E-state index contributed by atoms with van der Waals surface area (Å²) in [6, 6.07) is 15.6. The van der Waals surface area contributed by atoms with Gasteiger partial charge in [-0.05, 0) is 55.0 Å². The van der Waals surface area contributed by atoms with Crippen LogP contribution in [0.4, 0.5) is 13.2 Å². The average molecular weight is 522 g/mol. The fraction of sp³-hybridized carbons (Fsp3) is 0.269. The zero-order valence-corrected chi connectivity index (χ0v) is 20.8. The second kappa shape index (κ2) is 11.1. The van der Waals surface area contributed by atoms with Gasteiger partial charge in [-0.25, -0.2) is 8.42 Å². The van der Waals surface area contributed by atoms with Gasteiger partial charge in [0.15, 0.2) is 0 Å². The van der Waals surface area contributed by atoms with E-state index in [1.807, 2.05) is 6.92 Å². The van der Waals surface area contributed by atoms with Gasteiger partial charge >= 0.3 is 12.1 Å². The monoisotopic (exact) mass is 521 g/mol. The van der Waals surface area contributed by atoms with Gasteiger partial charge in [-0.1, -0.05) is 36.8 Å². The van der Waals surface area contributed by atoms with Crippen LogP contribution < -0.4 is 4.74 Å². The minimum atomic E-state index is -4.62. The van der Waals surface area contributed by atoms with E-state index in [1.165, 1.54) is 19.2 Å². The predicted octanol–water partition coefficient (Wildman–Crippen LogP) is 5.73. The molecule has 0 N–H and O–H groups in total. The highest BCUT2D eigenvalue weighted by Gasteiger charge is 2.32. The van der Waals surface area contributed by atoms with Crippen molar-refractivity contribution in [1.29, 1.82) is 0 Å². The lowest BCUT2D eigenvalue weighted by Crippen LogP contribution is -2.30. The van der Waals surface area contributed by atoms with E-state index < -0.39 is 27.7 Å². The van der Waals surface area contributed by atoms with Crippen LogP contribution in [-0.4, -0.2) is 32.3 Å². The first kappa shape index (κ1) is 27.2. The molecular weight excluding hydrogens is 495 g/mol. The average Bonchev–Trinajstić information content (AvgIpc) is 2.83. The minimum absolute atomic E-state index is 0.00796.